The van der Waals surface area contributed by atoms with Crippen LogP contribution in [0.25, 0.3) is 0 Å². The zero-order valence-corrected chi connectivity index (χ0v) is 13.7. The van der Waals surface area contributed by atoms with Gasteiger partial charge in [0.25, 0.3) is 0 Å². The molecule has 0 N–H and O–H groups in total. The molecule has 2 aliphatic rings. The first kappa shape index (κ1) is 14.8. The summed E-state index contributed by atoms with van der Waals surface area (Å²) in [7, 11) is 0. The molecule has 2 aromatic rings. The summed E-state index contributed by atoms with van der Waals surface area (Å²) in [6, 6.07) is 19.5. The van der Waals surface area contributed by atoms with Crippen molar-refractivity contribution in [1.82, 2.24) is 4.90 Å². The van der Waals surface area contributed by atoms with Gasteiger partial charge in [-0.15, -0.1) is 0 Å². The van der Waals surface area contributed by atoms with Crippen LogP contribution in [0.4, 0.5) is 0 Å². The highest BCUT2D eigenvalue weighted by molar-refractivity contribution is 5.35. The van der Waals surface area contributed by atoms with E-state index in [2.05, 4.69) is 59.5 Å². The fraction of sp³-hybridized carbons (Fsp3) is 0.429. The van der Waals surface area contributed by atoms with Crippen LogP contribution in [0.15, 0.2) is 54.6 Å². The molecule has 2 aliphatic heterocycles. The minimum atomic E-state index is 0.637. The van der Waals surface area contributed by atoms with E-state index >= 15 is 0 Å². The number of nitrogens with zero attached hydrogens (tertiary/aromatic N) is 1. The maximum absolute atomic E-state index is 5.94. The molecule has 2 nitrogen and oxygen atoms in total. The lowest BCUT2D eigenvalue weighted by Crippen LogP contribution is -2.39. The number of ether oxygens (including phenoxy) is 1. The van der Waals surface area contributed by atoms with Crippen LogP contribution in [0.5, 0.6) is 5.75 Å². The van der Waals surface area contributed by atoms with Crippen molar-refractivity contribution in [1.29, 1.82) is 0 Å². The summed E-state index contributed by atoms with van der Waals surface area (Å²) in [5.41, 5.74) is 2.89. The molecular weight excluding hydrogens is 282 g/mol. The van der Waals surface area contributed by atoms with Crippen molar-refractivity contribution in [2.75, 3.05) is 26.2 Å². The molecule has 1 fully saturated rings. The molecule has 2 heteroatoms. The zero-order chi connectivity index (χ0) is 15.5. The number of benzene rings is 2. The van der Waals surface area contributed by atoms with Crippen molar-refractivity contribution >= 4 is 0 Å². The van der Waals surface area contributed by atoms with E-state index in [-0.39, 0.29) is 0 Å². The molecule has 0 aliphatic carbocycles. The van der Waals surface area contributed by atoms with Crippen LogP contribution in [0, 0.1) is 5.92 Å². The summed E-state index contributed by atoms with van der Waals surface area (Å²) in [6.45, 7) is 4.49. The van der Waals surface area contributed by atoms with Gasteiger partial charge in [0.05, 0.1) is 6.61 Å². The van der Waals surface area contributed by atoms with Gasteiger partial charge < -0.3 is 9.64 Å². The Morgan fingerprint density at radius 1 is 0.913 bits per heavy atom. The van der Waals surface area contributed by atoms with Crippen LogP contribution in [0.1, 0.15) is 29.9 Å². The maximum Gasteiger partial charge on any atom is 0.122 e. The monoisotopic (exact) mass is 307 g/mol. The predicted octanol–water partition coefficient (Wildman–Crippen LogP) is 4.12. The van der Waals surface area contributed by atoms with E-state index in [1.807, 2.05) is 0 Å². The van der Waals surface area contributed by atoms with Crippen LogP contribution in [-0.4, -0.2) is 31.1 Å². The van der Waals surface area contributed by atoms with E-state index < -0.39 is 0 Å². The van der Waals surface area contributed by atoms with Crippen LogP contribution in [0.3, 0.4) is 0 Å². The summed E-state index contributed by atoms with van der Waals surface area (Å²) in [5, 5.41) is 0. The van der Waals surface area contributed by atoms with Crippen molar-refractivity contribution in [2.45, 2.75) is 25.2 Å². The van der Waals surface area contributed by atoms with Gasteiger partial charge in [0.15, 0.2) is 0 Å². The number of likely N-dealkylation sites (tertiary alicyclic amines) is 1. The molecule has 0 bridgehead atoms. The first-order valence-electron chi connectivity index (χ1n) is 8.86. The lowest BCUT2D eigenvalue weighted by atomic mass is 9.88. The first-order chi connectivity index (χ1) is 11.4. The number of piperidine rings is 1. The second-order valence-corrected chi connectivity index (χ2v) is 6.97. The van der Waals surface area contributed by atoms with Crippen molar-refractivity contribution in [3.8, 4) is 5.75 Å². The number of para-hydroxylation sites is 1. The highest BCUT2D eigenvalue weighted by Crippen LogP contribution is 2.30. The highest BCUT2D eigenvalue weighted by Gasteiger charge is 2.25. The van der Waals surface area contributed by atoms with Gasteiger partial charge in [-0.1, -0.05) is 48.5 Å². The van der Waals surface area contributed by atoms with Gasteiger partial charge in [-0.05, 0) is 55.5 Å². The van der Waals surface area contributed by atoms with Crippen molar-refractivity contribution in [3.05, 3.63) is 65.7 Å². The topological polar surface area (TPSA) is 12.5 Å². The highest BCUT2D eigenvalue weighted by atomic mass is 16.5. The molecule has 2 aromatic carbocycles. The van der Waals surface area contributed by atoms with Crippen LogP contribution >= 0.6 is 0 Å². The Bertz CT molecular complexity index is 631. The minimum absolute atomic E-state index is 0.637. The molecule has 1 saturated heterocycles. The fourth-order valence-electron chi connectivity index (χ4n) is 4.05. The van der Waals surface area contributed by atoms with E-state index in [4.69, 9.17) is 4.74 Å². The molecule has 0 saturated carbocycles. The van der Waals surface area contributed by atoms with Gasteiger partial charge >= 0.3 is 0 Å². The molecule has 23 heavy (non-hydrogen) atoms. The fourth-order valence-corrected chi connectivity index (χ4v) is 4.05. The van der Waals surface area contributed by atoms with Gasteiger partial charge in [0.1, 0.15) is 5.75 Å². The van der Waals surface area contributed by atoms with Gasteiger partial charge in [-0.25, -0.2) is 0 Å². The lowest BCUT2D eigenvalue weighted by molar-refractivity contribution is 0.138. The average molecular weight is 307 g/mol. The Morgan fingerprint density at radius 2 is 1.65 bits per heavy atom. The smallest absolute Gasteiger partial charge is 0.122 e. The summed E-state index contributed by atoms with van der Waals surface area (Å²) in [4.78, 5) is 2.64. The Labute approximate surface area is 139 Å². The quantitative estimate of drug-likeness (QED) is 0.846. The number of fused-ring (bicyclic) bond motifs is 1. The maximum atomic E-state index is 5.94. The third-order valence-corrected chi connectivity index (χ3v) is 5.33. The lowest BCUT2D eigenvalue weighted by Gasteiger charge is -2.35. The molecule has 0 amide bonds. The van der Waals surface area contributed by atoms with Gasteiger partial charge in [0, 0.05) is 12.5 Å². The van der Waals surface area contributed by atoms with Gasteiger partial charge in [0.2, 0.25) is 0 Å². The summed E-state index contributed by atoms with van der Waals surface area (Å²) >= 11 is 0. The van der Waals surface area contributed by atoms with Crippen molar-refractivity contribution in [3.63, 3.8) is 0 Å². The summed E-state index contributed by atoms with van der Waals surface area (Å²) in [6.07, 6.45) is 3.73. The number of hydrogen-bond donors (Lipinski definition) is 0. The normalized spacial score (nSPS) is 22.3. The molecule has 2 heterocycles. The SMILES string of the molecule is c1ccc(C2CCN(CC3COc4ccccc4C3)CC2)cc1. The van der Waals surface area contributed by atoms with Gasteiger partial charge in [-0.2, -0.15) is 0 Å². The van der Waals surface area contributed by atoms with Crippen molar-refractivity contribution < 1.29 is 4.74 Å². The predicted molar refractivity (Wildman–Crippen MR) is 94.0 cm³/mol. The zero-order valence-electron chi connectivity index (χ0n) is 13.7. The molecule has 4 rings (SSSR count). The standard InChI is InChI=1S/C21H25NO/c1-2-6-18(7-3-1)19-10-12-22(13-11-19)15-17-14-20-8-4-5-9-21(20)23-16-17/h1-9,17,19H,10-16H2. The molecule has 1 atom stereocenters. The Balaban J connectivity index is 1.30. The van der Waals surface area contributed by atoms with Crippen molar-refractivity contribution in [2.24, 2.45) is 5.92 Å². The Morgan fingerprint density at radius 3 is 2.48 bits per heavy atom. The minimum Gasteiger partial charge on any atom is -0.493 e. The molecule has 0 radical (unpaired) electrons. The number of rotatable bonds is 3. The molecule has 1 unspecified atom stereocenters. The van der Waals surface area contributed by atoms with Gasteiger partial charge in [-0.3, -0.25) is 0 Å². The third-order valence-electron chi connectivity index (χ3n) is 5.33. The van der Waals surface area contributed by atoms with E-state index in [0.29, 0.717) is 5.92 Å². The largest absolute Gasteiger partial charge is 0.493 e. The summed E-state index contributed by atoms with van der Waals surface area (Å²) in [5.74, 6) is 2.47. The molecule has 120 valence electrons. The van der Waals surface area contributed by atoms with Crippen LogP contribution in [-0.2, 0) is 6.42 Å². The van der Waals surface area contributed by atoms with Crippen LogP contribution < -0.4 is 4.74 Å². The van der Waals surface area contributed by atoms with E-state index in [1.54, 1.807) is 0 Å². The van der Waals surface area contributed by atoms with Crippen LogP contribution in [0.2, 0.25) is 0 Å². The van der Waals surface area contributed by atoms with E-state index in [0.717, 1.165) is 24.7 Å². The Kier molecular flexibility index (Phi) is 4.34. The molecule has 0 aromatic heterocycles. The van der Waals surface area contributed by atoms with E-state index in [9.17, 15) is 0 Å². The molecular formula is C21H25NO. The van der Waals surface area contributed by atoms with E-state index in [1.165, 1.54) is 43.6 Å². The second-order valence-electron chi connectivity index (χ2n) is 6.97. The number of hydrogen-bond acceptors (Lipinski definition) is 2. The Hall–Kier alpha value is -1.80. The first-order valence-corrected chi connectivity index (χ1v) is 8.86. The third kappa shape index (κ3) is 3.42. The second kappa shape index (κ2) is 6.76. The molecule has 0 spiro atoms. The average Bonchev–Trinajstić information content (AvgIpc) is 2.63. The summed E-state index contributed by atoms with van der Waals surface area (Å²) < 4.78 is 5.94.